The number of rotatable bonds is 3. The van der Waals surface area contributed by atoms with Gasteiger partial charge in [0.2, 0.25) is 5.95 Å². The van der Waals surface area contributed by atoms with E-state index in [9.17, 15) is 0 Å². The number of hydrogen-bond acceptors (Lipinski definition) is 3. The van der Waals surface area contributed by atoms with Crippen molar-refractivity contribution in [2.75, 3.05) is 11.9 Å². The second kappa shape index (κ2) is 3.90. The lowest BCUT2D eigenvalue weighted by Crippen LogP contribution is -2.02. The molecule has 15 heavy (non-hydrogen) atoms. The van der Waals surface area contributed by atoms with Crippen molar-refractivity contribution in [2.24, 2.45) is 0 Å². The third-order valence-corrected chi connectivity index (χ3v) is 2.12. The molecule has 0 aliphatic rings. The Kier molecular flexibility index (Phi) is 2.60. The maximum absolute atomic E-state index is 5.64. The number of hydrogen-bond donors (Lipinski definition) is 1. The van der Waals surface area contributed by atoms with Crippen LogP contribution in [-0.4, -0.2) is 21.1 Å². The number of halogens is 1. The maximum Gasteiger partial charge on any atom is 0.243 e. The highest BCUT2D eigenvalue weighted by Gasteiger charge is 2.03. The molecule has 1 N–H and O–H groups in total. The summed E-state index contributed by atoms with van der Waals surface area (Å²) in [4.78, 5) is 4.29. The molecule has 0 unspecified atom stereocenters. The summed E-state index contributed by atoms with van der Waals surface area (Å²) in [5, 5.41) is 7.80. The Morgan fingerprint density at radius 1 is 1.60 bits per heavy atom. The van der Waals surface area contributed by atoms with Gasteiger partial charge in [0.25, 0.3) is 0 Å². The van der Waals surface area contributed by atoms with Gasteiger partial charge in [-0.1, -0.05) is 24.2 Å². The second-order valence-electron chi connectivity index (χ2n) is 3.24. The lowest BCUT2D eigenvalue weighted by atomic mass is 10.4. The Labute approximate surface area is 92.6 Å². The van der Waals surface area contributed by atoms with Gasteiger partial charge in [0.05, 0.1) is 6.54 Å². The third-order valence-electron chi connectivity index (χ3n) is 1.99. The smallest absolute Gasteiger partial charge is 0.243 e. The fourth-order valence-corrected chi connectivity index (χ4v) is 1.35. The average Bonchev–Trinajstić information content (AvgIpc) is 2.59. The lowest BCUT2D eigenvalue weighted by molar-refractivity contribution is 0.914. The van der Waals surface area contributed by atoms with Gasteiger partial charge in [0.15, 0.2) is 5.65 Å². The number of aryl methyl sites for hydroxylation is 1. The Hall–Kier alpha value is -1.55. The predicted molar refractivity (Wildman–Crippen MR) is 61.2 cm³/mol. The second-order valence-corrected chi connectivity index (χ2v) is 3.78. The zero-order chi connectivity index (χ0) is 10.8. The van der Waals surface area contributed by atoms with Gasteiger partial charge in [0.1, 0.15) is 0 Å². The summed E-state index contributed by atoms with van der Waals surface area (Å²) >= 11 is 5.64. The van der Waals surface area contributed by atoms with Crippen LogP contribution in [0.3, 0.4) is 0 Å². The first-order chi connectivity index (χ1) is 7.16. The molecule has 0 saturated carbocycles. The summed E-state index contributed by atoms with van der Waals surface area (Å²) in [6, 6.07) is 5.83. The minimum absolute atomic E-state index is 0.470. The number of nitrogens with zero attached hydrogens (tertiary/aromatic N) is 3. The van der Waals surface area contributed by atoms with E-state index in [1.165, 1.54) is 0 Å². The zero-order valence-corrected chi connectivity index (χ0v) is 9.12. The van der Waals surface area contributed by atoms with Crippen molar-refractivity contribution in [3.63, 3.8) is 0 Å². The van der Waals surface area contributed by atoms with E-state index in [1.807, 2.05) is 25.1 Å². The molecule has 0 radical (unpaired) electrons. The molecular formula is C10H11ClN4. The minimum Gasteiger partial charge on any atom is -0.348 e. The van der Waals surface area contributed by atoms with E-state index < -0.39 is 0 Å². The Morgan fingerprint density at radius 2 is 2.40 bits per heavy atom. The van der Waals surface area contributed by atoms with Crippen molar-refractivity contribution in [1.29, 1.82) is 0 Å². The first-order valence-corrected chi connectivity index (χ1v) is 4.94. The standard InChI is InChI=1S/C10H11ClN4/c1-7(11)6-12-10-13-9-5-3-4-8(2)15(9)14-10/h3-5H,1,6H2,2H3,(H,12,14). The van der Waals surface area contributed by atoms with E-state index in [4.69, 9.17) is 11.6 Å². The lowest BCUT2D eigenvalue weighted by Gasteiger charge is -1.97. The van der Waals surface area contributed by atoms with Crippen molar-refractivity contribution in [2.45, 2.75) is 6.92 Å². The molecule has 2 heterocycles. The molecule has 0 aliphatic carbocycles. The van der Waals surface area contributed by atoms with E-state index in [-0.39, 0.29) is 0 Å². The predicted octanol–water partition coefficient (Wildman–Crippen LogP) is 2.20. The number of aromatic nitrogens is 3. The van der Waals surface area contributed by atoms with E-state index in [1.54, 1.807) is 4.52 Å². The van der Waals surface area contributed by atoms with Crippen LogP contribution in [0, 0.1) is 6.92 Å². The van der Waals surface area contributed by atoms with Gasteiger partial charge >= 0.3 is 0 Å². The van der Waals surface area contributed by atoms with Crippen molar-refractivity contribution in [3.05, 3.63) is 35.5 Å². The van der Waals surface area contributed by atoms with Crippen LogP contribution >= 0.6 is 11.6 Å². The van der Waals surface area contributed by atoms with Gasteiger partial charge in [-0.15, -0.1) is 5.10 Å². The summed E-state index contributed by atoms with van der Waals surface area (Å²) in [6.07, 6.45) is 0. The Bertz CT molecular complexity index is 503. The zero-order valence-electron chi connectivity index (χ0n) is 8.37. The van der Waals surface area contributed by atoms with Crippen LogP contribution in [-0.2, 0) is 0 Å². The molecule has 4 nitrogen and oxygen atoms in total. The summed E-state index contributed by atoms with van der Waals surface area (Å²) < 4.78 is 1.78. The highest BCUT2D eigenvalue weighted by molar-refractivity contribution is 6.29. The van der Waals surface area contributed by atoms with E-state index in [2.05, 4.69) is 22.0 Å². The molecule has 0 bridgehead atoms. The normalized spacial score (nSPS) is 10.5. The van der Waals surface area contributed by atoms with Crippen LogP contribution in [0.1, 0.15) is 5.69 Å². The van der Waals surface area contributed by atoms with Gasteiger partial charge in [-0.05, 0) is 19.1 Å². The van der Waals surface area contributed by atoms with Crippen LogP contribution < -0.4 is 5.32 Å². The number of fused-ring (bicyclic) bond motifs is 1. The summed E-state index contributed by atoms with van der Waals surface area (Å²) in [7, 11) is 0. The molecule has 5 heteroatoms. The van der Waals surface area contributed by atoms with Crippen molar-refractivity contribution in [3.8, 4) is 0 Å². The summed E-state index contributed by atoms with van der Waals surface area (Å²) in [5.74, 6) is 0.561. The fraction of sp³-hybridized carbons (Fsp3) is 0.200. The van der Waals surface area contributed by atoms with Gasteiger partial charge in [-0.3, -0.25) is 0 Å². The Morgan fingerprint density at radius 3 is 3.07 bits per heavy atom. The molecule has 0 aliphatic heterocycles. The molecule has 0 aromatic carbocycles. The van der Waals surface area contributed by atoms with Gasteiger partial charge in [-0.25, -0.2) is 4.52 Å². The molecular weight excluding hydrogens is 212 g/mol. The number of pyridine rings is 1. The van der Waals surface area contributed by atoms with Crippen LogP contribution in [0.4, 0.5) is 5.95 Å². The topological polar surface area (TPSA) is 42.2 Å². The molecule has 0 fully saturated rings. The quantitative estimate of drug-likeness (QED) is 0.866. The number of nitrogens with one attached hydrogen (secondary N) is 1. The van der Waals surface area contributed by atoms with Crippen molar-refractivity contribution < 1.29 is 0 Å². The molecule has 0 atom stereocenters. The average molecular weight is 223 g/mol. The van der Waals surface area contributed by atoms with Gasteiger partial charge < -0.3 is 5.32 Å². The third kappa shape index (κ3) is 2.10. The fourth-order valence-electron chi connectivity index (χ4n) is 1.29. The SMILES string of the molecule is C=C(Cl)CNc1nc2cccc(C)n2n1. The molecule has 0 spiro atoms. The highest BCUT2D eigenvalue weighted by atomic mass is 35.5. The van der Waals surface area contributed by atoms with Gasteiger partial charge in [-0.2, -0.15) is 4.98 Å². The summed E-state index contributed by atoms with van der Waals surface area (Å²) in [5.41, 5.74) is 1.86. The maximum atomic E-state index is 5.64. The number of anilines is 1. The Balaban J connectivity index is 2.31. The molecule has 0 amide bonds. The summed E-state index contributed by atoms with van der Waals surface area (Å²) in [6.45, 7) is 6.03. The molecule has 2 aromatic heterocycles. The minimum atomic E-state index is 0.470. The molecule has 2 rings (SSSR count). The van der Waals surface area contributed by atoms with Crippen LogP contribution in [0.25, 0.3) is 5.65 Å². The van der Waals surface area contributed by atoms with Crippen molar-refractivity contribution in [1.82, 2.24) is 14.6 Å². The monoisotopic (exact) mass is 222 g/mol. The van der Waals surface area contributed by atoms with Gasteiger partial charge in [0, 0.05) is 10.7 Å². The van der Waals surface area contributed by atoms with Crippen molar-refractivity contribution >= 4 is 23.2 Å². The van der Waals surface area contributed by atoms with E-state index in [0.29, 0.717) is 17.5 Å². The first kappa shape index (κ1) is 9.98. The van der Waals surface area contributed by atoms with Crippen LogP contribution in [0.15, 0.2) is 29.8 Å². The first-order valence-electron chi connectivity index (χ1n) is 4.56. The largest absolute Gasteiger partial charge is 0.348 e. The van der Waals surface area contributed by atoms with Crippen LogP contribution in [0.5, 0.6) is 0 Å². The van der Waals surface area contributed by atoms with E-state index >= 15 is 0 Å². The molecule has 78 valence electrons. The van der Waals surface area contributed by atoms with E-state index in [0.717, 1.165) is 11.3 Å². The molecule has 2 aromatic rings. The van der Waals surface area contributed by atoms with Crippen LogP contribution in [0.2, 0.25) is 0 Å². The molecule has 0 saturated heterocycles. The highest BCUT2D eigenvalue weighted by Crippen LogP contribution is 2.08.